The molecule has 0 saturated carbocycles. The van der Waals surface area contributed by atoms with E-state index in [1.54, 1.807) is 60.6 Å². The molecule has 0 aliphatic heterocycles. The number of hydrogen-bond acceptors (Lipinski definition) is 7. The third kappa shape index (κ3) is 4.04. The highest BCUT2D eigenvalue weighted by Crippen LogP contribution is 2.23. The third-order valence-corrected chi connectivity index (χ3v) is 4.59. The Morgan fingerprint density at radius 3 is 2.61 bits per heavy atom. The van der Waals surface area contributed by atoms with Gasteiger partial charge in [0.1, 0.15) is 23.0 Å². The van der Waals surface area contributed by atoms with Gasteiger partial charge in [-0.3, -0.25) is 15.0 Å². The van der Waals surface area contributed by atoms with Crippen LogP contribution in [0.4, 0.5) is 16.4 Å². The first-order valence-corrected chi connectivity index (χ1v) is 9.32. The van der Waals surface area contributed by atoms with Crippen LogP contribution in [0.3, 0.4) is 0 Å². The molecular formula is C21H19N7O3. The molecule has 0 radical (unpaired) electrons. The zero-order chi connectivity index (χ0) is 22.0. The van der Waals surface area contributed by atoms with Crippen molar-refractivity contribution < 1.29 is 14.3 Å². The summed E-state index contributed by atoms with van der Waals surface area (Å²) in [5, 5.41) is 2.49. The summed E-state index contributed by atoms with van der Waals surface area (Å²) in [7, 11) is 2.92. The van der Waals surface area contributed by atoms with Crippen LogP contribution in [0.2, 0.25) is 0 Å². The zero-order valence-corrected chi connectivity index (χ0v) is 17.1. The molecule has 0 saturated heterocycles. The SMILES string of the molecule is COC(=O)Nc1ccc(-c2nc(C(=O)N(C)c3ccc(C)cn3)cn3ccnc23)cn1. The lowest BCUT2D eigenvalue weighted by molar-refractivity contribution is 0.0987. The summed E-state index contributed by atoms with van der Waals surface area (Å²) < 4.78 is 6.29. The second-order valence-electron chi connectivity index (χ2n) is 6.74. The second-order valence-corrected chi connectivity index (χ2v) is 6.74. The topological polar surface area (TPSA) is 115 Å². The van der Waals surface area contributed by atoms with E-state index in [0.29, 0.717) is 28.5 Å². The van der Waals surface area contributed by atoms with Crippen molar-refractivity contribution in [2.45, 2.75) is 6.92 Å². The number of imidazole rings is 1. The van der Waals surface area contributed by atoms with Crippen molar-refractivity contribution in [1.82, 2.24) is 24.3 Å². The number of aryl methyl sites for hydroxylation is 1. The maximum Gasteiger partial charge on any atom is 0.412 e. The number of ether oxygens (including phenoxy) is 1. The standard InChI is InChI=1S/C21H19N7O3/c1-13-4-7-17(24-10-13)27(2)20(29)15-12-28-9-8-22-19(28)18(25-15)14-5-6-16(23-11-14)26-21(30)31-3/h4-12H,1-3H3,(H,23,26,30). The Hall–Kier alpha value is -4.34. The quantitative estimate of drug-likeness (QED) is 0.543. The van der Waals surface area contributed by atoms with E-state index in [0.717, 1.165) is 5.56 Å². The van der Waals surface area contributed by atoms with E-state index >= 15 is 0 Å². The number of aromatic nitrogens is 5. The summed E-state index contributed by atoms with van der Waals surface area (Å²) in [5.74, 6) is 0.530. The number of rotatable bonds is 4. The van der Waals surface area contributed by atoms with Crippen molar-refractivity contribution in [3.05, 3.63) is 66.5 Å². The van der Waals surface area contributed by atoms with Gasteiger partial charge in [0.25, 0.3) is 5.91 Å². The first kappa shape index (κ1) is 20.0. The fraction of sp³-hybridized carbons (Fsp3) is 0.143. The Labute approximate surface area is 177 Å². The summed E-state index contributed by atoms with van der Waals surface area (Å²) in [5.41, 5.74) is 2.92. The number of pyridine rings is 2. The van der Waals surface area contributed by atoms with Crippen LogP contribution < -0.4 is 10.2 Å². The first-order chi connectivity index (χ1) is 15.0. The Morgan fingerprint density at radius 2 is 1.94 bits per heavy atom. The molecule has 10 nitrogen and oxygen atoms in total. The Kier molecular flexibility index (Phi) is 5.27. The van der Waals surface area contributed by atoms with Gasteiger partial charge in [0.2, 0.25) is 0 Å². The van der Waals surface area contributed by atoms with Crippen molar-refractivity contribution in [2.24, 2.45) is 0 Å². The number of carbonyl (C=O) groups excluding carboxylic acids is 2. The van der Waals surface area contributed by atoms with Gasteiger partial charge in [-0.1, -0.05) is 6.07 Å². The minimum atomic E-state index is -0.616. The van der Waals surface area contributed by atoms with Gasteiger partial charge in [0.15, 0.2) is 5.65 Å². The van der Waals surface area contributed by atoms with E-state index in [1.807, 2.05) is 13.0 Å². The molecule has 0 fully saturated rings. The minimum absolute atomic E-state index is 0.224. The van der Waals surface area contributed by atoms with Crippen LogP contribution >= 0.6 is 0 Å². The number of methoxy groups -OCH3 is 1. The lowest BCUT2D eigenvalue weighted by Crippen LogP contribution is -2.28. The van der Waals surface area contributed by atoms with E-state index in [9.17, 15) is 9.59 Å². The molecule has 0 aromatic carbocycles. The highest BCUT2D eigenvalue weighted by atomic mass is 16.5. The molecule has 1 N–H and O–H groups in total. The van der Waals surface area contributed by atoms with Gasteiger partial charge in [-0.15, -0.1) is 0 Å². The predicted octanol–water partition coefficient (Wildman–Crippen LogP) is 2.95. The molecule has 2 amide bonds. The van der Waals surface area contributed by atoms with Crippen molar-refractivity contribution in [1.29, 1.82) is 0 Å². The van der Waals surface area contributed by atoms with Gasteiger partial charge in [-0.05, 0) is 30.7 Å². The van der Waals surface area contributed by atoms with Crippen LogP contribution in [0.15, 0.2) is 55.2 Å². The lowest BCUT2D eigenvalue weighted by atomic mass is 10.2. The van der Waals surface area contributed by atoms with Crippen LogP contribution in [0.25, 0.3) is 16.9 Å². The number of nitrogens with zero attached hydrogens (tertiary/aromatic N) is 6. The van der Waals surface area contributed by atoms with Gasteiger partial charge >= 0.3 is 6.09 Å². The average Bonchev–Trinajstić information content (AvgIpc) is 3.27. The first-order valence-electron chi connectivity index (χ1n) is 9.32. The third-order valence-electron chi connectivity index (χ3n) is 4.59. The van der Waals surface area contributed by atoms with E-state index in [1.165, 1.54) is 12.0 Å². The Balaban J connectivity index is 1.70. The number of amides is 2. The van der Waals surface area contributed by atoms with Crippen molar-refractivity contribution >= 4 is 29.3 Å². The molecular weight excluding hydrogens is 398 g/mol. The Morgan fingerprint density at radius 1 is 1.10 bits per heavy atom. The normalized spacial score (nSPS) is 10.7. The van der Waals surface area contributed by atoms with E-state index in [4.69, 9.17) is 0 Å². The number of anilines is 2. The molecule has 4 aromatic rings. The summed E-state index contributed by atoms with van der Waals surface area (Å²) in [4.78, 5) is 43.3. The molecule has 0 aliphatic rings. The molecule has 4 heterocycles. The van der Waals surface area contributed by atoms with Gasteiger partial charge in [-0.25, -0.2) is 24.7 Å². The molecule has 0 unspecified atom stereocenters. The summed E-state index contributed by atoms with van der Waals surface area (Å²) in [6.07, 6.45) is 7.62. The van der Waals surface area contributed by atoms with Crippen molar-refractivity contribution in [3.8, 4) is 11.3 Å². The molecule has 0 spiro atoms. The monoisotopic (exact) mass is 417 g/mol. The highest BCUT2D eigenvalue weighted by Gasteiger charge is 2.20. The van der Waals surface area contributed by atoms with E-state index in [2.05, 4.69) is 30.0 Å². The van der Waals surface area contributed by atoms with Gasteiger partial charge < -0.3 is 9.14 Å². The summed E-state index contributed by atoms with van der Waals surface area (Å²) in [6.45, 7) is 1.93. The predicted molar refractivity (Wildman–Crippen MR) is 114 cm³/mol. The molecule has 31 heavy (non-hydrogen) atoms. The van der Waals surface area contributed by atoms with Crippen LogP contribution in [0, 0.1) is 6.92 Å². The van der Waals surface area contributed by atoms with Gasteiger partial charge in [0.05, 0.1) is 7.11 Å². The molecule has 10 heteroatoms. The average molecular weight is 417 g/mol. The highest BCUT2D eigenvalue weighted by molar-refractivity contribution is 6.04. The van der Waals surface area contributed by atoms with Crippen LogP contribution in [-0.2, 0) is 4.74 Å². The lowest BCUT2D eigenvalue weighted by Gasteiger charge is -2.16. The fourth-order valence-electron chi connectivity index (χ4n) is 2.93. The zero-order valence-electron chi connectivity index (χ0n) is 17.1. The number of hydrogen-bond donors (Lipinski definition) is 1. The Bertz CT molecular complexity index is 1250. The van der Waals surface area contributed by atoms with Crippen molar-refractivity contribution in [3.63, 3.8) is 0 Å². The summed E-state index contributed by atoms with van der Waals surface area (Å²) in [6, 6.07) is 7.01. The minimum Gasteiger partial charge on any atom is -0.453 e. The van der Waals surface area contributed by atoms with Gasteiger partial charge in [-0.2, -0.15) is 0 Å². The molecule has 0 bridgehead atoms. The largest absolute Gasteiger partial charge is 0.453 e. The maximum atomic E-state index is 13.1. The molecule has 0 atom stereocenters. The van der Waals surface area contributed by atoms with E-state index < -0.39 is 6.09 Å². The molecule has 4 rings (SSSR count). The molecule has 0 aliphatic carbocycles. The maximum absolute atomic E-state index is 13.1. The molecule has 156 valence electrons. The second kappa shape index (κ2) is 8.19. The van der Waals surface area contributed by atoms with Crippen LogP contribution in [0.5, 0.6) is 0 Å². The molecule has 4 aromatic heterocycles. The number of nitrogens with one attached hydrogen (secondary N) is 1. The smallest absolute Gasteiger partial charge is 0.412 e. The summed E-state index contributed by atoms with van der Waals surface area (Å²) >= 11 is 0. The van der Waals surface area contributed by atoms with E-state index in [-0.39, 0.29) is 11.6 Å². The van der Waals surface area contributed by atoms with Crippen LogP contribution in [-0.4, -0.2) is 50.5 Å². The fourth-order valence-corrected chi connectivity index (χ4v) is 2.93. The van der Waals surface area contributed by atoms with Crippen molar-refractivity contribution in [2.75, 3.05) is 24.4 Å². The number of fused-ring (bicyclic) bond motifs is 1. The van der Waals surface area contributed by atoms with Gasteiger partial charge in [0, 0.05) is 43.6 Å². The number of carbonyl (C=O) groups is 2. The van der Waals surface area contributed by atoms with Crippen LogP contribution in [0.1, 0.15) is 16.1 Å².